The Hall–Kier alpha value is -1.53. The molecule has 1 unspecified atom stereocenters. The van der Waals surface area contributed by atoms with Crippen LogP contribution in [0.2, 0.25) is 0 Å². The number of piperidine rings is 1. The molecule has 1 atom stereocenters. The van der Waals surface area contributed by atoms with Crippen molar-refractivity contribution in [1.82, 2.24) is 20.4 Å². The van der Waals surface area contributed by atoms with Crippen molar-refractivity contribution in [3.05, 3.63) is 24.2 Å². The number of likely N-dealkylation sites (tertiary alicyclic amines) is 2. The van der Waals surface area contributed by atoms with Gasteiger partial charge in [-0.2, -0.15) is 0 Å². The quantitative estimate of drug-likeness (QED) is 0.540. The van der Waals surface area contributed by atoms with Gasteiger partial charge in [-0.25, -0.2) is 0 Å². The lowest BCUT2D eigenvalue weighted by Crippen LogP contribution is -2.40. The third-order valence-corrected chi connectivity index (χ3v) is 5.90. The summed E-state index contributed by atoms with van der Waals surface area (Å²) in [5.74, 6) is 2.81. The molecular formula is C21H37N5O. The minimum Gasteiger partial charge on any atom is -0.468 e. The van der Waals surface area contributed by atoms with Crippen LogP contribution in [-0.4, -0.2) is 68.6 Å². The summed E-state index contributed by atoms with van der Waals surface area (Å²) in [6.07, 6.45) is 8.19. The summed E-state index contributed by atoms with van der Waals surface area (Å²) in [5.41, 5.74) is 0. The second-order valence-corrected chi connectivity index (χ2v) is 7.96. The molecule has 1 aromatic rings. The topological polar surface area (TPSA) is 56.0 Å². The zero-order valence-electron chi connectivity index (χ0n) is 17.1. The summed E-state index contributed by atoms with van der Waals surface area (Å²) < 4.78 is 5.71. The molecule has 152 valence electrons. The Morgan fingerprint density at radius 3 is 2.67 bits per heavy atom. The van der Waals surface area contributed by atoms with Crippen LogP contribution >= 0.6 is 0 Å². The summed E-state index contributed by atoms with van der Waals surface area (Å²) in [4.78, 5) is 9.83. The summed E-state index contributed by atoms with van der Waals surface area (Å²) in [5, 5.41) is 6.95. The van der Waals surface area contributed by atoms with Crippen molar-refractivity contribution < 1.29 is 4.42 Å². The average Bonchev–Trinajstić information content (AvgIpc) is 3.38. The van der Waals surface area contributed by atoms with Crippen LogP contribution in [0.4, 0.5) is 0 Å². The van der Waals surface area contributed by atoms with Crippen molar-refractivity contribution in [1.29, 1.82) is 0 Å². The molecule has 6 nitrogen and oxygen atoms in total. The number of furan rings is 1. The van der Waals surface area contributed by atoms with E-state index in [1.54, 1.807) is 6.26 Å². The van der Waals surface area contributed by atoms with E-state index in [2.05, 4.69) is 40.5 Å². The first-order valence-electron chi connectivity index (χ1n) is 10.7. The molecule has 0 aromatic carbocycles. The predicted molar refractivity (Wildman–Crippen MR) is 111 cm³/mol. The fourth-order valence-corrected chi connectivity index (χ4v) is 4.18. The van der Waals surface area contributed by atoms with E-state index in [1.165, 1.54) is 45.2 Å². The van der Waals surface area contributed by atoms with Gasteiger partial charge in [0.1, 0.15) is 5.76 Å². The highest BCUT2D eigenvalue weighted by Gasteiger charge is 2.25. The van der Waals surface area contributed by atoms with E-state index in [-0.39, 0.29) is 6.04 Å². The van der Waals surface area contributed by atoms with Crippen LogP contribution in [0, 0.1) is 5.92 Å². The molecule has 2 fully saturated rings. The highest BCUT2D eigenvalue weighted by molar-refractivity contribution is 5.79. The number of aliphatic imine (C=N–C) groups is 1. The third-order valence-electron chi connectivity index (χ3n) is 5.90. The Bertz CT molecular complexity index is 545. The van der Waals surface area contributed by atoms with Crippen LogP contribution < -0.4 is 10.6 Å². The first kappa shape index (κ1) is 20.2. The van der Waals surface area contributed by atoms with E-state index in [4.69, 9.17) is 9.41 Å². The minimum absolute atomic E-state index is 0.242. The monoisotopic (exact) mass is 375 g/mol. The second kappa shape index (κ2) is 10.7. The average molecular weight is 376 g/mol. The molecule has 3 rings (SSSR count). The van der Waals surface area contributed by atoms with Crippen molar-refractivity contribution in [2.24, 2.45) is 10.9 Å². The number of hydrogen-bond acceptors (Lipinski definition) is 4. The van der Waals surface area contributed by atoms with Gasteiger partial charge in [-0.1, -0.05) is 0 Å². The zero-order chi connectivity index (χ0) is 18.9. The van der Waals surface area contributed by atoms with Gasteiger partial charge in [0.05, 0.1) is 18.8 Å². The molecule has 0 amide bonds. The van der Waals surface area contributed by atoms with E-state index in [9.17, 15) is 0 Å². The van der Waals surface area contributed by atoms with Crippen LogP contribution in [-0.2, 0) is 0 Å². The number of nitrogens with zero attached hydrogens (tertiary/aromatic N) is 3. The van der Waals surface area contributed by atoms with Crippen LogP contribution in [0.3, 0.4) is 0 Å². The summed E-state index contributed by atoms with van der Waals surface area (Å²) in [7, 11) is 2.22. The lowest BCUT2D eigenvalue weighted by molar-refractivity contribution is 0.213. The summed E-state index contributed by atoms with van der Waals surface area (Å²) in [6.45, 7) is 9.49. The Kier molecular flexibility index (Phi) is 8.02. The molecule has 0 aliphatic carbocycles. The van der Waals surface area contributed by atoms with Gasteiger partial charge in [-0.15, -0.1) is 0 Å². The Balaban J connectivity index is 1.51. The molecule has 6 heteroatoms. The summed E-state index contributed by atoms with van der Waals surface area (Å²) >= 11 is 0. The van der Waals surface area contributed by atoms with Crippen LogP contribution in [0.25, 0.3) is 0 Å². The fraction of sp³-hybridized carbons (Fsp3) is 0.762. The van der Waals surface area contributed by atoms with Gasteiger partial charge in [0.15, 0.2) is 5.96 Å². The van der Waals surface area contributed by atoms with Crippen LogP contribution in [0.1, 0.15) is 50.8 Å². The van der Waals surface area contributed by atoms with Gasteiger partial charge in [0.2, 0.25) is 0 Å². The number of nitrogens with one attached hydrogen (secondary N) is 2. The molecule has 3 heterocycles. The Morgan fingerprint density at radius 2 is 2.00 bits per heavy atom. The molecule has 2 N–H and O–H groups in total. The number of hydrogen-bond donors (Lipinski definition) is 2. The van der Waals surface area contributed by atoms with Crippen molar-refractivity contribution in [3.8, 4) is 0 Å². The van der Waals surface area contributed by atoms with E-state index in [1.807, 2.05) is 6.07 Å². The molecule has 0 spiro atoms. The Morgan fingerprint density at radius 1 is 1.22 bits per heavy atom. The van der Waals surface area contributed by atoms with Gasteiger partial charge in [-0.3, -0.25) is 9.89 Å². The van der Waals surface area contributed by atoms with E-state index in [0.29, 0.717) is 0 Å². The highest BCUT2D eigenvalue weighted by Crippen LogP contribution is 2.25. The van der Waals surface area contributed by atoms with Crippen molar-refractivity contribution >= 4 is 5.96 Å². The molecule has 2 saturated heterocycles. The van der Waals surface area contributed by atoms with Crippen LogP contribution in [0.5, 0.6) is 0 Å². The molecule has 0 bridgehead atoms. The van der Waals surface area contributed by atoms with E-state index in [0.717, 1.165) is 50.4 Å². The van der Waals surface area contributed by atoms with E-state index >= 15 is 0 Å². The molecule has 0 radical (unpaired) electrons. The molecular weight excluding hydrogens is 338 g/mol. The lowest BCUT2D eigenvalue weighted by atomic mass is 9.94. The maximum atomic E-state index is 5.71. The molecule has 27 heavy (non-hydrogen) atoms. The smallest absolute Gasteiger partial charge is 0.191 e. The molecule has 0 saturated carbocycles. The Labute approximate surface area is 164 Å². The first-order chi connectivity index (χ1) is 13.3. The molecule has 2 aliphatic heterocycles. The first-order valence-corrected chi connectivity index (χ1v) is 10.7. The number of rotatable bonds is 8. The normalized spacial score (nSPS) is 21.5. The SMILES string of the molecule is CCNC(=NCC(c1ccco1)N1CCCC1)NCCC1CCN(C)CC1. The largest absolute Gasteiger partial charge is 0.468 e. The highest BCUT2D eigenvalue weighted by atomic mass is 16.3. The molecule has 1 aromatic heterocycles. The van der Waals surface area contributed by atoms with Gasteiger partial charge in [0.25, 0.3) is 0 Å². The summed E-state index contributed by atoms with van der Waals surface area (Å²) in [6, 6.07) is 4.30. The predicted octanol–water partition coefficient (Wildman–Crippen LogP) is 2.70. The fourth-order valence-electron chi connectivity index (χ4n) is 4.18. The van der Waals surface area contributed by atoms with Crippen LogP contribution in [0.15, 0.2) is 27.8 Å². The maximum Gasteiger partial charge on any atom is 0.191 e. The number of guanidine groups is 1. The van der Waals surface area contributed by atoms with Gasteiger partial charge in [-0.05, 0) is 90.3 Å². The third kappa shape index (κ3) is 6.25. The van der Waals surface area contributed by atoms with Gasteiger partial charge >= 0.3 is 0 Å². The standard InChI is InChI=1S/C21H37N5O/c1-3-22-21(23-11-8-18-9-14-25(2)15-10-18)24-17-19(20-7-6-16-27-20)26-12-4-5-13-26/h6-7,16,18-19H,3-5,8-15,17H2,1-2H3,(H2,22,23,24). The maximum absolute atomic E-state index is 5.71. The lowest BCUT2D eigenvalue weighted by Gasteiger charge is -2.29. The molecule has 2 aliphatic rings. The van der Waals surface area contributed by atoms with Crippen molar-refractivity contribution in [3.63, 3.8) is 0 Å². The van der Waals surface area contributed by atoms with Crippen molar-refractivity contribution in [2.75, 3.05) is 52.9 Å². The van der Waals surface area contributed by atoms with Crippen molar-refractivity contribution in [2.45, 2.75) is 45.1 Å². The zero-order valence-corrected chi connectivity index (χ0v) is 17.1. The minimum atomic E-state index is 0.242. The second-order valence-electron chi connectivity index (χ2n) is 7.96. The van der Waals surface area contributed by atoms with E-state index < -0.39 is 0 Å². The van der Waals surface area contributed by atoms with Gasteiger partial charge in [0, 0.05) is 13.1 Å². The van der Waals surface area contributed by atoms with Gasteiger partial charge < -0.3 is 20.0 Å².